The monoisotopic (exact) mass is 363 g/mol. The van der Waals surface area contributed by atoms with Crippen molar-refractivity contribution in [2.45, 2.75) is 38.1 Å². The minimum atomic E-state index is -0.0134. The van der Waals surface area contributed by atoms with Gasteiger partial charge in [0, 0.05) is 19.6 Å². The Morgan fingerprint density at radius 2 is 2.00 bits per heavy atom. The number of hydrogen-bond donors (Lipinski definition) is 1. The fourth-order valence-electron chi connectivity index (χ4n) is 3.89. The number of halogens is 1. The summed E-state index contributed by atoms with van der Waals surface area (Å²) in [5.74, 6) is 0.676. The van der Waals surface area contributed by atoms with E-state index in [1.165, 1.54) is 6.42 Å². The van der Waals surface area contributed by atoms with Gasteiger partial charge < -0.3 is 14.9 Å². The van der Waals surface area contributed by atoms with Crippen molar-refractivity contribution in [2.75, 3.05) is 31.1 Å². The number of aliphatic hydroxyl groups excluding tert-OH is 1. The summed E-state index contributed by atoms with van der Waals surface area (Å²) in [6.07, 6.45) is 5.18. The van der Waals surface area contributed by atoms with Gasteiger partial charge in [0.25, 0.3) is 5.91 Å². The maximum absolute atomic E-state index is 12.9. The Morgan fingerprint density at radius 3 is 2.76 bits per heavy atom. The molecule has 0 bridgehead atoms. The van der Waals surface area contributed by atoms with Crippen LogP contribution >= 0.6 is 11.6 Å². The number of anilines is 1. The number of carbonyl (C=O) groups is 1. The van der Waals surface area contributed by atoms with Gasteiger partial charge >= 0.3 is 0 Å². The highest BCUT2D eigenvalue weighted by Gasteiger charge is 2.29. The van der Waals surface area contributed by atoms with Gasteiger partial charge in [-0.05, 0) is 55.8 Å². The Morgan fingerprint density at radius 1 is 1.20 bits per heavy atom. The van der Waals surface area contributed by atoms with Gasteiger partial charge in [0.05, 0.1) is 12.6 Å². The van der Waals surface area contributed by atoms with Gasteiger partial charge in [-0.15, -0.1) is 5.10 Å². The van der Waals surface area contributed by atoms with Crippen molar-refractivity contribution in [2.24, 2.45) is 0 Å². The Hall–Kier alpha value is -1.86. The van der Waals surface area contributed by atoms with Gasteiger partial charge in [0.2, 0.25) is 5.28 Å². The highest BCUT2D eigenvalue weighted by atomic mass is 35.5. The molecule has 25 heavy (non-hydrogen) atoms. The Bertz CT molecular complexity index is 787. The molecule has 2 saturated heterocycles. The van der Waals surface area contributed by atoms with Gasteiger partial charge in [0.15, 0.2) is 5.82 Å². The fraction of sp³-hybridized carbons (Fsp3) is 0.588. The number of aliphatic hydroxyl groups is 1. The van der Waals surface area contributed by atoms with Crippen LogP contribution in [0.1, 0.15) is 42.6 Å². The number of amides is 1. The molecule has 2 aromatic heterocycles. The smallest absolute Gasteiger partial charge is 0.272 e. The lowest BCUT2D eigenvalue weighted by Gasteiger charge is -2.27. The zero-order valence-corrected chi connectivity index (χ0v) is 14.8. The molecule has 0 saturated carbocycles. The largest absolute Gasteiger partial charge is 0.394 e. The van der Waals surface area contributed by atoms with Crippen molar-refractivity contribution in [3.05, 3.63) is 23.1 Å². The molecule has 2 fully saturated rings. The average molecular weight is 364 g/mol. The van der Waals surface area contributed by atoms with Gasteiger partial charge in [-0.2, -0.15) is 4.98 Å². The summed E-state index contributed by atoms with van der Waals surface area (Å²) in [4.78, 5) is 21.2. The molecule has 2 aromatic rings. The fourth-order valence-corrected chi connectivity index (χ4v) is 4.05. The molecule has 4 heterocycles. The molecule has 0 aromatic carbocycles. The van der Waals surface area contributed by atoms with Crippen LogP contribution in [0.4, 0.5) is 5.82 Å². The van der Waals surface area contributed by atoms with E-state index in [1.807, 2.05) is 11.0 Å². The summed E-state index contributed by atoms with van der Waals surface area (Å²) >= 11 is 6.16. The van der Waals surface area contributed by atoms with Crippen molar-refractivity contribution in [1.82, 2.24) is 19.5 Å². The number of hydrogen-bond acceptors (Lipinski definition) is 5. The highest BCUT2D eigenvalue weighted by Crippen LogP contribution is 2.29. The molecule has 2 aliphatic heterocycles. The number of rotatable bonds is 3. The average Bonchev–Trinajstić information content (AvgIpc) is 3.27. The number of carbonyl (C=O) groups excluding carboxylic acids is 1. The van der Waals surface area contributed by atoms with Crippen LogP contribution in [-0.2, 0) is 0 Å². The number of nitrogens with zero attached hydrogens (tertiary/aromatic N) is 5. The standard InChI is InChI=1S/C17H22ClN5O2/c18-17-19-15(22-10-4-5-12(22)11-24)13-6-7-14(23(13)20-17)16(25)21-8-2-1-3-9-21/h6-7,12,24H,1-5,8-11H2/t12-/m0/s1. The molecule has 1 amide bonds. The van der Waals surface area contributed by atoms with E-state index in [4.69, 9.17) is 11.6 Å². The lowest BCUT2D eigenvalue weighted by molar-refractivity contribution is 0.0716. The van der Waals surface area contributed by atoms with Crippen LogP contribution in [0.25, 0.3) is 5.52 Å². The number of fused-ring (bicyclic) bond motifs is 1. The summed E-state index contributed by atoms with van der Waals surface area (Å²) in [5, 5.41) is 14.0. The number of aromatic nitrogens is 3. The maximum Gasteiger partial charge on any atom is 0.272 e. The van der Waals surface area contributed by atoms with E-state index in [1.54, 1.807) is 10.6 Å². The molecule has 8 heteroatoms. The molecule has 1 N–H and O–H groups in total. The van der Waals surface area contributed by atoms with E-state index < -0.39 is 0 Å². The molecule has 134 valence electrons. The minimum Gasteiger partial charge on any atom is -0.394 e. The molecule has 0 radical (unpaired) electrons. The Balaban J connectivity index is 1.75. The third-order valence-corrected chi connectivity index (χ3v) is 5.35. The number of piperidine rings is 1. The topological polar surface area (TPSA) is 74.0 Å². The van der Waals surface area contributed by atoms with E-state index in [2.05, 4.69) is 15.0 Å². The van der Waals surface area contributed by atoms with Crippen LogP contribution in [0.2, 0.25) is 5.28 Å². The molecule has 7 nitrogen and oxygen atoms in total. The Labute approximate surface area is 151 Å². The van der Waals surface area contributed by atoms with Crippen LogP contribution < -0.4 is 4.90 Å². The molecule has 1 atom stereocenters. The van der Waals surface area contributed by atoms with Crippen LogP contribution in [0.5, 0.6) is 0 Å². The van der Waals surface area contributed by atoms with Crippen molar-refractivity contribution >= 4 is 28.8 Å². The van der Waals surface area contributed by atoms with Gasteiger partial charge in [-0.3, -0.25) is 4.79 Å². The summed E-state index contributed by atoms with van der Waals surface area (Å²) < 4.78 is 1.61. The predicted octanol–water partition coefficient (Wildman–Crippen LogP) is 1.97. The summed E-state index contributed by atoms with van der Waals surface area (Å²) in [5.41, 5.74) is 1.27. The third-order valence-electron chi connectivity index (χ3n) is 5.19. The Kier molecular flexibility index (Phi) is 4.52. The van der Waals surface area contributed by atoms with Crippen LogP contribution in [0, 0.1) is 0 Å². The normalized spacial score (nSPS) is 21.3. The van der Waals surface area contributed by atoms with Crippen molar-refractivity contribution in [1.29, 1.82) is 0 Å². The van der Waals surface area contributed by atoms with Gasteiger partial charge in [0.1, 0.15) is 11.2 Å². The van der Waals surface area contributed by atoms with Gasteiger partial charge in [-0.25, -0.2) is 4.52 Å². The molecule has 0 unspecified atom stereocenters. The SMILES string of the molecule is O=C(c1ccc2c(N3CCC[C@H]3CO)nc(Cl)nn12)N1CCCCC1. The second-order valence-corrected chi connectivity index (χ2v) is 7.08. The van der Waals surface area contributed by atoms with E-state index in [-0.39, 0.29) is 23.8 Å². The first kappa shape index (κ1) is 16.6. The van der Waals surface area contributed by atoms with Crippen molar-refractivity contribution in [3.8, 4) is 0 Å². The molecule has 0 spiro atoms. The van der Waals surface area contributed by atoms with Crippen LogP contribution in [0.15, 0.2) is 12.1 Å². The predicted molar refractivity (Wildman–Crippen MR) is 95.2 cm³/mol. The van der Waals surface area contributed by atoms with Crippen LogP contribution in [-0.4, -0.2) is 62.8 Å². The first-order chi connectivity index (χ1) is 12.2. The highest BCUT2D eigenvalue weighted by molar-refractivity contribution is 6.28. The second-order valence-electron chi connectivity index (χ2n) is 6.74. The lowest BCUT2D eigenvalue weighted by atomic mass is 10.1. The molecular formula is C17H22ClN5O2. The second kappa shape index (κ2) is 6.80. The number of likely N-dealkylation sites (tertiary alicyclic amines) is 1. The first-order valence-corrected chi connectivity index (χ1v) is 9.29. The lowest BCUT2D eigenvalue weighted by Crippen LogP contribution is -2.36. The van der Waals surface area contributed by atoms with E-state index >= 15 is 0 Å². The van der Waals surface area contributed by atoms with Crippen LogP contribution in [0.3, 0.4) is 0 Å². The third kappa shape index (κ3) is 2.95. The minimum absolute atomic E-state index is 0.0134. The summed E-state index contributed by atoms with van der Waals surface area (Å²) in [6, 6.07) is 3.70. The van der Waals surface area contributed by atoms with E-state index in [0.717, 1.165) is 50.8 Å². The van der Waals surface area contributed by atoms with Crippen molar-refractivity contribution < 1.29 is 9.90 Å². The zero-order valence-electron chi connectivity index (χ0n) is 14.1. The maximum atomic E-state index is 12.9. The zero-order chi connectivity index (χ0) is 17.4. The molecule has 4 rings (SSSR count). The van der Waals surface area contributed by atoms with Gasteiger partial charge in [-0.1, -0.05) is 0 Å². The molecular weight excluding hydrogens is 342 g/mol. The van der Waals surface area contributed by atoms with Crippen molar-refractivity contribution in [3.63, 3.8) is 0 Å². The summed E-state index contributed by atoms with van der Waals surface area (Å²) in [6.45, 7) is 2.47. The molecule has 2 aliphatic rings. The molecule has 0 aliphatic carbocycles. The summed E-state index contributed by atoms with van der Waals surface area (Å²) in [7, 11) is 0. The first-order valence-electron chi connectivity index (χ1n) is 8.91. The van der Waals surface area contributed by atoms with E-state index in [9.17, 15) is 9.90 Å². The van der Waals surface area contributed by atoms with E-state index in [0.29, 0.717) is 11.5 Å². The quantitative estimate of drug-likeness (QED) is 0.902.